The first-order valence-corrected chi connectivity index (χ1v) is 14.4. The number of urea groups is 1. The molecule has 3 atom stereocenters. The van der Waals surface area contributed by atoms with Gasteiger partial charge in [-0.2, -0.15) is 0 Å². The van der Waals surface area contributed by atoms with Gasteiger partial charge in [-0.1, -0.05) is 37.3 Å². The molecule has 1 heterocycles. The number of carbonyl (C=O) groups excluding carboxylic acids is 3. The lowest BCUT2D eigenvalue weighted by Crippen LogP contribution is -2.48. The Morgan fingerprint density at radius 3 is 2.44 bits per heavy atom. The zero-order chi connectivity index (χ0) is 30.9. The number of benzene rings is 3. The number of rotatable bonds is 9. The van der Waals surface area contributed by atoms with Gasteiger partial charge in [-0.25, -0.2) is 4.79 Å². The lowest BCUT2D eigenvalue weighted by Gasteiger charge is -2.34. The first-order valence-electron chi connectivity index (χ1n) is 14.4. The van der Waals surface area contributed by atoms with E-state index in [2.05, 4.69) is 10.6 Å². The Hall–Kier alpha value is -4.57. The molecule has 0 saturated carbocycles. The quantitative estimate of drug-likeness (QED) is 0.345. The number of nitrogens with zero attached hydrogens (tertiary/aromatic N) is 2. The number of anilines is 2. The molecule has 10 nitrogen and oxygen atoms in total. The molecule has 0 radical (unpaired) electrons. The second kappa shape index (κ2) is 14.6. The van der Waals surface area contributed by atoms with Gasteiger partial charge in [0.15, 0.2) is 0 Å². The maximum absolute atomic E-state index is 13.5. The van der Waals surface area contributed by atoms with Crippen molar-refractivity contribution in [3.8, 4) is 11.5 Å². The van der Waals surface area contributed by atoms with Crippen LogP contribution >= 0.6 is 0 Å². The van der Waals surface area contributed by atoms with Gasteiger partial charge < -0.3 is 35.0 Å². The summed E-state index contributed by atoms with van der Waals surface area (Å²) in [5, 5.41) is 15.7. The summed E-state index contributed by atoms with van der Waals surface area (Å²) in [6, 6.07) is 21.1. The summed E-state index contributed by atoms with van der Waals surface area (Å²) in [5.41, 5.74) is 2.69. The molecule has 3 N–H and O–H groups in total. The van der Waals surface area contributed by atoms with E-state index in [9.17, 15) is 19.5 Å². The van der Waals surface area contributed by atoms with E-state index in [-0.39, 0.29) is 49.8 Å². The van der Waals surface area contributed by atoms with E-state index in [0.717, 1.165) is 5.56 Å². The minimum atomic E-state index is -0.469. The van der Waals surface area contributed by atoms with Gasteiger partial charge in [0.25, 0.3) is 0 Å². The summed E-state index contributed by atoms with van der Waals surface area (Å²) >= 11 is 0. The summed E-state index contributed by atoms with van der Waals surface area (Å²) in [6.07, 6.45) is -0.210. The summed E-state index contributed by atoms with van der Waals surface area (Å²) in [5.74, 6) is 0.692. The molecule has 0 aromatic heterocycles. The van der Waals surface area contributed by atoms with Crippen molar-refractivity contribution in [3.05, 3.63) is 83.9 Å². The van der Waals surface area contributed by atoms with Crippen LogP contribution in [0.1, 0.15) is 25.0 Å². The van der Waals surface area contributed by atoms with Crippen LogP contribution in [0.5, 0.6) is 11.5 Å². The number of ether oxygens (including phenoxy) is 2. The van der Waals surface area contributed by atoms with Crippen molar-refractivity contribution in [2.24, 2.45) is 5.92 Å². The van der Waals surface area contributed by atoms with Crippen molar-refractivity contribution < 1.29 is 29.0 Å². The fourth-order valence-corrected chi connectivity index (χ4v) is 4.96. The lowest BCUT2D eigenvalue weighted by atomic mass is 10.0. The SMILES string of the molecule is COc1ccc(NC(=O)N(C)C[C@@H]2Oc3ccc(NC(=O)Cc4ccccc4)cc3CC(=O)N([C@H](C)CO)C[C@H]2C)cc1. The molecule has 1 aliphatic heterocycles. The Bertz CT molecular complexity index is 1400. The molecule has 1 aliphatic rings. The number of aliphatic hydroxyl groups is 1. The van der Waals surface area contributed by atoms with Gasteiger partial charge >= 0.3 is 6.03 Å². The van der Waals surface area contributed by atoms with Crippen LogP contribution in [0.25, 0.3) is 0 Å². The second-order valence-corrected chi connectivity index (χ2v) is 11.0. The van der Waals surface area contributed by atoms with Crippen LogP contribution in [-0.4, -0.2) is 78.8 Å². The number of carbonyl (C=O) groups is 3. The first-order chi connectivity index (χ1) is 20.7. The maximum Gasteiger partial charge on any atom is 0.321 e. The standard InChI is InChI=1S/C33H40N4O6/c1-22-19-37(23(2)21-38)32(40)18-25-17-27(34-31(39)16-24-8-6-5-7-9-24)12-15-29(25)43-30(22)20-36(3)33(41)35-26-10-13-28(42-4)14-11-26/h5-15,17,22-23,30,38H,16,18-21H2,1-4H3,(H,34,39)(H,35,41)/t22-,23-,30+/m1/s1. The van der Waals surface area contributed by atoms with Crippen molar-refractivity contribution in [2.75, 3.05) is 44.5 Å². The summed E-state index contributed by atoms with van der Waals surface area (Å²) in [4.78, 5) is 42.5. The van der Waals surface area contributed by atoms with Crippen molar-refractivity contribution in [3.63, 3.8) is 0 Å². The van der Waals surface area contributed by atoms with Crippen molar-refractivity contribution in [2.45, 2.75) is 38.8 Å². The predicted octanol–water partition coefficient (Wildman–Crippen LogP) is 4.19. The fourth-order valence-electron chi connectivity index (χ4n) is 4.96. The average molecular weight is 589 g/mol. The van der Waals surface area contributed by atoms with Crippen molar-refractivity contribution in [1.29, 1.82) is 0 Å². The van der Waals surface area contributed by atoms with E-state index in [1.54, 1.807) is 73.3 Å². The highest BCUT2D eigenvalue weighted by molar-refractivity contribution is 5.93. The topological polar surface area (TPSA) is 120 Å². The first kappa shape index (κ1) is 31.4. The number of nitrogens with one attached hydrogen (secondary N) is 2. The van der Waals surface area contributed by atoms with Crippen LogP contribution in [0.15, 0.2) is 72.8 Å². The Morgan fingerprint density at radius 1 is 1.07 bits per heavy atom. The van der Waals surface area contributed by atoms with E-state index < -0.39 is 12.1 Å². The van der Waals surface area contributed by atoms with E-state index in [1.165, 1.54) is 0 Å². The molecule has 43 heavy (non-hydrogen) atoms. The highest BCUT2D eigenvalue weighted by atomic mass is 16.5. The molecular formula is C33H40N4O6. The van der Waals surface area contributed by atoms with Gasteiger partial charge in [0.1, 0.15) is 17.6 Å². The van der Waals surface area contributed by atoms with Crippen LogP contribution in [0, 0.1) is 5.92 Å². The van der Waals surface area contributed by atoms with Crippen molar-refractivity contribution in [1.82, 2.24) is 9.80 Å². The largest absolute Gasteiger partial charge is 0.497 e. The Morgan fingerprint density at radius 2 is 1.77 bits per heavy atom. The number of hydrogen-bond acceptors (Lipinski definition) is 6. The Kier molecular flexibility index (Phi) is 10.6. The molecule has 0 fully saturated rings. The third-order valence-corrected chi connectivity index (χ3v) is 7.55. The van der Waals surface area contributed by atoms with E-state index in [4.69, 9.17) is 9.47 Å². The van der Waals surface area contributed by atoms with Gasteiger partial charge in [-0.05, 0) is 55.0 Å². The third-order valence-electron chi connectivity index (χ3n) is 7.55. The number of hydrogen-bond donors (Lipinski definition) is 3. The molecule has 228 valence electrons. The van der Waals surface area contributed by atoms with Crippen LogP contribution in [0.2, 0.25) is 0 Å². The Labute approximate surface area is 252 Å². The van der Waals surface area contributed by atoms with Gasteiger partial charge in [0.2, 0.25) is 11.8 Å². The minimum absolute atomic E-state index is 0.0370. The molecule has 0 bridgehead atoms. The molecule has 0 unspecified atom stereocenters. The number of methoxy groups -OCH3 is 1. The molecule has 3 aromatic carbocycles. The van der Waals surface area contributed by atoms with Gasteiger partial charge in [0, 0.05) is 36.4 Å². The van der Waals surface area contributed by atoms with Crippen LogP contribution in [-0.2, 0) is 22.4 Å². The average Bonchev–Trinajstić information content (AvgIpc) is 3.04. The number of amides is 4. The molecule has 0 aliphatic carbocycles. The number of aliphatic hydroxyl groups excluding tert-OH is 1. The molecule has 0 saturated heterocycles. The second-order valence-electron chi connectivity index (χ2n) is 11.0. The zero-order valence-corrected chi connectivity index (χ0v) is 25.1. The maximum atomic E-state index is 13.5. The minimum Gasteiger partial charge on any atom is -0.497 e. The van der Waals surface area contributed by atoms with Crippen LogP contribution in [0.4, 0.5) is 16.2 Å². The monoisotopic (exact) mass is 588 g/mol. The Balaban J connectivity index is 1.54. The molecule has 0 spiro atoms. The number of fused-ring (bicyclic) bond motifs is 1. The molecule has 10 heteroatoms. The molecule has 4 rings (SSSR count). The predicted molar refractivity (Wildman–Crippen MR) is 165 cm³/mol. The summed E-state index contributed by atoms with van der Waals surface area (Å²) in [7, 11) is 3.27. The van der Waals surface area contributed by atoms with E-state index >= 15 is 0 Å². The molecule has 3 aromatic rings. The van der Waals surface area contributed by atoms with E-state index in [1.807, 2.05) is 37.3 Å². The zero-order valence-electron chi connectivity index (χ0n) is 25.1. The normalized spacial score (nSPS) is 17.3. The smallest absolute Gasteiger partial charge is 0.321 e. The molecule has 4 amide bonds. The fraction of sp³-hybridized carbons (Fsp3) is 0.364. The van der Waals surface area contributed by atoms with Gasteiger partial charge in [-0.3, -0.25) is 9.59 Å². The van der Waals surface area contributed by atoms with Gasteiger partial charge in [0.05, 0.1) is 39.1 Å². The van der Waals surface area contributed by atoms with Crippen molar-refractivity contribution >= 4 is 29.2 Å². The molecular weight excluding hydrogens is 548 g/mol. The van der Waals surface area contributed by atoms with Gasteiger partial charge in [-0.15, -0.1) is 0 Å². The number of likely N-dealkylation sites (N-methyl/N-ethyl adjacent to an activating group) is 1. The highest BCUT2D eigenvalue weighted by Gasteiger charge is 2.32. The van der Waals surface area contributed by atoms with Crippen LogP contribution in [0.3, 0.4) is 0 Å². The lowest BCUT2D eigenvalue weighted by molar-refractivity contribution is -0.134. The summed E-state index contributed by atoms with van der Waals surface area (Å²) in [6.45, 7) is 4.17. The highest BCUT2D eigenvalue weighted by Crippen LogP contribution is 2.29. The summed E-state index contributed by atoms with van der Waals surface area (Å²) < 4.78 is 11.7. The van der Waals surface area contributed by atoms with E-state index in [0.29, 0.717) is 35.0 Å². The van der Waals surface area contributed by atoms with Crippen LogP contribution < -0.4 is 20.1 Å². The third kappa shape index (κ3) is 8.48.